The summed E-state index contributed by atoms with van der Waals surface area (Å²) >= 11 is 3.39. The molecule has 2 N–H and O–H groups in total. The molecule has 0 radical (unpaired) electrons. The molecule has 0 aliphatic heterocycles. The Bertz CT molecular complexity index is 842. The van der Waals surface area contributed by atoms with Gasteiger partial charge in [-0.25, -0.2) is 9.48 Å². The Morgan fingerprint density at radius 2 is 2.05 bits per heavy atom. The summed E-state index contributed by atoms with van der Waals surface area (Å²) in [6.07, 6.45) is 0. The van der Waals surface area contributed by atoms with E-state index in [1.54, 1.807) is 22.9 Å². The lowest BCUT2D eigenvalue weighted by atomic mass is 10.1. The minimum Gasteiger partial charge on any atom is -0.476 e. The van der Waals surface area contributed by atoms with Crippen LogP contribution in [0.25, 0.3) is 16.6 Å². The van der Waals surface area contributed by atoms with Crippen LogP contribution in [0.3, 0.4) is 0 Å². The fourth-order valence-corrected chi connectivity index (χ4v) is 2.61. The summed E-state index contributed by atoms with van der Waals surface area (Å²) in [5.74, 6) is -1.09. The largest absolute Gasteiger partial charge is 0.476 e. The van der Waals surface area contributed by atoms with E-state index in [9.17, 15) is 15.0 Å². The van der Waals surface area contributed by atoms with E-state index in [0.29, 0.717) is 16.5 Å². The highest BCUT2D eigenvalue weighted by Crippen LogP contribution is 2.25. The van der Waals surface area contributed by atoms with Gasteiger partial charge in [0, 0.05) is 9.86 Å². The fourth-order valence-electron chi connectivity index (χ4n) is 2.23. The Balaban J connectivity index is 2.31. The van der Waals surface area contributed by atoms with Crippen molar-refractivity contribution in [3.05, 3.63) is 58.2 Å². The first-order valence-corrected chi connectivity index (χ1v) is 7.01. The first-order valence-electron chi connectivity index (χ1n) is 6.22. The average molecular weight is 347 g/mol. The molecule has 0 unspecified atom stereocenters. The molecule has 0 saturated carbocycles. The molecule has 0 aliphatic carbocycles. The van der Waals surface area contributed by atoms with Crippen LogP contribution in [0.5, 0.6) is 0 Å². The van der Waals surface area contributed by atoms with Crippen molar-refractivity contribution in [1.29, 1.82) is 0 Å². The molecule has 0 spiro atoms. The van der Waals surface area contributed by atoms with Crippen LogP contribution in [0.2, 0.25) is 0 Å². The van der Waals surface area contributed by atoms with Crippen LogP contribution in [-0.4, -0.2) is 26.0 Å². The number of nitrogens with zero attached hydrogens (tertiary/aromatic N) is 2. The zero-order valence-corrected chi connectivity index (χ0v) is 12.4. The Morgan fingerprint density at radius 3 is 2.71 bits per heavy atom. The maximum Gasteiger partial charge on any atom is 0.357 e. The topological polar surface area (TPSA) is 75.3 Å². The van der Waals surface area contributed by atoms with Crippen LogP contribution in [0, 0.1) is 0 Å². The van der Waals surface area contributed by atoms with Crippen molar-refractivity contribution in [2.75, 3.05) is 0 Å². The van der Waals surface area contributed by atoms with Gasteiger partial charge >= 0.3 is 5.97 Å². The minimum atomic E-state index is -1.09. The second-order valence-electron chi connectivity index (χ2n) is 4.56. The molecule has 5 nitrogen and oxygen atoms in total. The highest BCUT2D eigenvalue weighted by atomic mass is 79.9. The maximum atomic E-state index is 11.4. The van der Waals surface area contributed by atoms with Gasteiger partial charge < -0.3 is 10.2 Å². The van der Waals surface area contributed by atoms with Gasteiger partial charge in [-0.3, -0.25) is 0 Å². The number of aliphatic hydroxyl groups excluding tert-OH is 1. The second-order valence-corrected chi connectivity index (χ2v) is 5.47. The summed E-state index contributed by atoms with van der Waals surface area (Å²) in [5, 5.41) is 23.2. The van der Waals surface area contributed by atoms with E-state index in [-0.39, 0.29) is 12.3 Å². The molecule has 2 aromatic carbocycles. The summed E-state index contributed by atoms with van der Waals surface area (Å²) in [4.78, 5) is 11.4. The zero-order valence-electron chi connectivity index (χ0n) is 10.8. The van der Waals surface area contributed by atoms with Gasteiger partial charge in [0.1, 0.15) is 0 Å². The first-order chi connectivity index (χ1) is 10.1. The summed E-state index contributed by atoms with van der Waals surface area (Å²) < 4.78 is 2.47. The van der Waals surface area contributed by atoms with Crippen LogP contribution >= 0.6 is 15.9 Å². The smallest absolute Gasteiger partial charge is 0.357 e. The molecule has 1 heterocycles. The molecular formula is C15H11BrN2O3. The van der Waals surface area contributed by atoms with Gasteiger partial charge in [0.05, 0.1) is 17.8 Å². The van der Waals surface area contributed by atoms with E-state index < -0.39 is 5.97 Å². The van der Waals surface area contributed by atoms with Crippen molar-refractivity contribution in [3.63, 3.8) is 0 Å². The average Bonchev–Trinajstić information content (AvgIpc) is 2.86. The number of halogens is 1. The van der Waals surface area contributed by atoms with Crippen LogP contribution in [0.4, 0.5) is 0 Å². The fraction of sp³-hybridized carbons (Fsp3) is 0.0667. The normalized spacial score (nSPS) is 11.0. The number of aromatic nitrogens is 2. The number of hydrogen-bond donors (Lipinski definition) is 2. The van der Waals surface area contributed by atoms with Crippen molar-refractivity contribution in [2.45, 2.75) is 6.61 Å². The van der Waals surface area contributed by atoms with Crippen LogP contribution in [0.15, 0.2) is 46.9 Å². The molecule has 0 bridgehead atoms. The quantitative estimate of drug-likeness (QED) is 0.764. The zero-order chi connectivity index (χ0) is 15.0. The predicted molar refractivity (Wildman–Crippen MR) is 81.7 cm³/mol. The van der Waals surface area contributed by atoms with Gasteiger partial charge in [-0.15, -0.1) is 0 Å². The number of rotatable bonds is 3. The molecule has 6 heteroatoms. The standard InChI is InChI=1S/C15H11BrN2O3/c16-10-2-1-3-11(7-10)18-13-5-4-9(8-19)6-12(13)14(17-18)15(20)21/h1-7,19H,8H2,(H,20,21). The molecule has 106 valence electrons. The number of carboxylic acids is 1. The first kappa shape index (κ1) is 13.8. The summed E-state index contributed by atoms with van der Waals surface area (Å²) in [6.45, 7) is -0.142. The van der Waals surface area contributed by atoms with Gasteiger partial charge in [0.25, 0.3) is 0 Å². The van der Waals surface area contributed by atoms with Gasteiger partial charge in [-0.05, 0) is 35.9 Å². The summed E-state index contributed by atoms with van der Waals surface area (Å²) in [7, 11) is 0. The third-order valence-electron chi connectivity index (χ3n) is 3.18. The molecular weight excluding hydrogens is 336 g/mol. The number of benzene rings is 2. The number of aliphatic hydroxyl groups is 1. The minimum absolute atomic E-state index is 0.0275. The van der Waals surface area contributed by atoms with E-state index in [4.69, 9.17) is 0 Å². The molecule has 3 rings (SSSR count). The van der Waals surface area contributed by atoms with E-state index in [0.717, 1.165) is 10.2 Å². The number of carbonyl (C=O) groups is 1. The van der Waals surface area contributed by atoms with Crippen molar-refractivity contribution in [2.24, 2.45) is 0 Å². The Morgan fingerprint density at radius 1 is 1.24 bits per heavy atom. The van der Waals surface area contributed by atoms with Gasteiger partial charge in [0.15, 0.2) is 5.69 Å². The molecule has 21 heavy (non-hydrogen) atoms. The van der Waals surface area contributed by atoms with Crippen molar-refractivity contribution < 1.29 is 15.0 Å². The van der Waals surface area contributed by atoms with Crippen molar-refractivity contribution in [3.8, 4) is 5.69 Å². The summed E-state index contributed by atoms with van der Waals surface area (Å²) in [5.41, 5.74) is 2.07. The number of aromatic carboxylic acids is 1. The van der Waals surface area contributed by atoms with Crippen LogP contribution < -0.4 is 0 Å². The van der Waals surface area contributed by atoms with E-state index in [1.165, 1.54) is 0 Å². The molecule has 0 saturated heterocycles. The maximum absolute atomic E-state index is 11.4. The molecule has 0 atom stereocenters. The molecule has 0 fully saturated rings. The lowest BCUT2D eigenvalue weighted by molar-refractivity contribution is 0.0692. The lowest BCUT2D eigenvalue weighted by Crippen LogP contribution is -2.01. The number of fused-ring (bicyclic) bond motifs is 1. The third kappa shape index (κ3) is 2.43. The highest BCUT2D eigenvalue weighted by Gasteiger charge is 2.17. The second kappa shape index (κ2) is 5.31. The predicted octanol–water partition coefficient (Wildman–Crippen LogP) is 2.98. The van der Waals surface area contributed by atoms with Gasteiger partial charge in [-0.1, -0.05) is 28.1 Å². The van der Waals surface area contributed by atoms with E-state index in [1.807, 2.05) is 24.3 Å². The Labute approximate surface area is 128 Å². The number of hydrogen-bond acceptors (Lipinski definition) is 3. The summed E-state index contributed by atoms with van der Waals surface area (Å²) in [6, 6.07) is 12.6. The highest BCUT2D eigenvalue weighted by molar-refractivity contribution is 9.10. The van der Waals surface area contributed by atoms with E-state index in [2.05, 4.69) is 21.0 Å². The van der Waals surface area contributed by atoms with Crippen molar-refractivity contribution in [1.82, 2.24) is 9.78 Å². The van der Waals surface area contributed by atoms with Gasteiger partial charge in [0.2, 0.25) is 0 Å². The molecule has 3 aromatic rings. The Kier molecular flexibility index (Phi) is 3.48. The van der Waals surface area contributed by atoms with E-state index >= 15 is 0 Å². The van der Waals surface area contributed by atoms with Crippen LogP contribution in [-0.2, 0) is 6.61 Å². The molecule has 0 amide bonds. The Hall–Kier alpha value is -2.18. The van der Waals surface area contributed by atoms with Crippen LogP contribution in [0.1, 0.15) is 16.1 Å². The SMILES string of the molecule is O=C(O)c1nn(-c2cccc(Br)c2)c2ccc(CO)cc12. The number of carboxylic acid groups (broad SMARTS) is 1. The monoisotopic (exact) mass is 346 g/mol. The third-order valence-corrected chi connectivity index (χ3v) is 3.68. The van der Waals surface area contributed by atoms with Crippen molar-refractivity contribution >= 4 is 32.8 Å². The van der Waals surface area contributed by atoms with Gasteiger partial charge in [-0.2, -0.15) is 5.10 Å². The lowest BCUT2D eigenvalue weighted by Gasteiger charge is -2.04. The molecule has 1 aromatic heterocycles. The molecule has 0 aliphatic rings.